The summed E-state index contributed by atoms with van der Waals surface area (Å²) in [4.78, 5) is 3.13. The molecule has 0 aliphatic carbocycles. The number of fused-ring (bicyclic) bond motifs is 1. The largest absolute Gasteiger partial charge is 0.361 e. The lowest BCUT2D eigenvalue weighted by Crippen LogP contribution is -2.25. The van der Waals surface area contributed by atoms with Gasteiger partial charge in [0.2, 0.25) is 10.0 Å². The minimum atomic E-state index is -3.50. The second-order valence-corrected chi connectivity index (χ2v) is 8.86. The van der Waals surface area contributed by atoms with Gasteiger partial charge in [0.15, 0.2) is 0 Å². The molecule has 0 saturated heterocycles. The quantitative estimate of drug-likeness (QED) is 0.707. The molecule has 0 unspecified atom stereocenters. The molecule has 0 amide bonds. The van der Waals surface area contributed by atoms with E-state index in [-0.39, 0.29) is 4.21 Å². The van der Waals surface area contributed by atoms with Crippen molar-refractivity contribution in [1.82, 2.24) is 9.71 Å². The van der Waals surface area contributed by atoms with Gasteiger partial charge in [-0.1, -0.05) is 29.3 Å². The summed E-state index contributed by atoms with van der Waals surface area (Å²) in [5, 5.41) is 1.71. The van der Waals surface area contributed by atoms with Crippen LogP contribution in [0.4, 0.5) is 0 Å². The van der Waals surface area contributed by atoms with Crippen LogP contribution in [0.1, 0.15) is 5.56 Å². The maximum Gasteiger partial charge on any atom is 0.250 e. The Morgan fingerprint density at radius 1 is 1.18 bits per heavy atom. The molecule has 0 atom stereocenters. The van der Waals surface area contributed by atoms with E-state index in [0.29, 0.717) is 22.3 Å². The third-order valence-corrected chi connectivity index (χ3v) is 6.65. The SMILES string of the molecule is O=S(=O)(NCCc1c[nH]c2cc(Cl)ccc12)c1ccc(Cl)s1. The van der Waals surface area contributed by atoms with E-state index in [1.165, 1.54) is 6.07 Å². The molecule has 3 aromatic rings. The second kappa shape index (κ2) is 6.22. The van der Waals surface area contributed by atoms with E-state index in [4.69, 9.17) is 23.2 Å². The second-order valence-electron chi connectivity index (χ2n) is 4.71. The number of benzene rings is 1. The Kier molecular flexibility index (Phi) is 4.47. The lowest BCUT2D eigenvalue weighted by Gasteiger charge is -2.04. The molecule has 4 nitrogen and oxygen atoms in total. The third-order valence-electron chi connectivity index (χ3n) is 3.23. The minimum absolute atomic E-state index is 0.225. The van der Waals surface area contributed by atoms with Gasteiger partial charge in [0.1, 0.15) is 4.21 Å². The molecule has 0 spiro atoms. The molecule has 22 heavy (non-hydrogen) atoms. The molecule has 8 heteroatoms. The zero-order valence-electron chi connectivity index (χ0n) is 11.3. The van der Waals surface area contributed by atoms with Crippen LogP contribution in [0.15, 0.2) is 40.7 Å². The summed E-state index contributed by atoms with van der Waals surface area (Å²) < 4.78 is 27.5. The molecule has 0 aliphatic heterocycles. The van der Waals surface area contributed by atoms with Crippen molar-refractivity contribution in [2.45, 2.75) is 10.6 Å². The molecule has 0 radical (unpaired) electrons. The Bertz CT molecular complexity index is 916. The van der Waals surface area contributed by atoms with Crippen LogP contribution in [-0.2, 0) is 16.4 Å². The maximum atomic E-state index is 12.1. The van der Waals surface area contributed by atoms with E-state index >= 15 is 0 Å². The van der Waals surface area contributed by atoms with E-state index in [0.717, 1.165) is 27.8 Å². The summed E-state index contributed by atoms with van der Waals surface area (Å²) in [5.41, 5.74) is 1.98. The van der Waals surface area contributed by atoms with Gasteiger partial charge in [-0.3, -0.25) is 0 Å². The Hall–Kier alpha value is -1.05. The predicted molar refractivity (Wildman–Crippen MR) is 91.5 cm³/mol. The predicted octanol–water partition coefficient (Wildman–Crippen LogP) is 4.06. The smallest absolute Gasteiger partial charge is 0.250 e. The lowest BCUT2D eigenvalue weighted by atomic mass is 10.1. The van der Waals surface area contributed by atoms with Gasteiger partial charge >= 0.3 is 0 Å². The molecule has 0 saturated carbocycles. The highest BCUT2D eigenvalue weighted by Gasteiger charge is 2.16. The van der Waals surface area contributed by atoms with E-state index in [9.17, 15) is 8.42 Å². The Balaban J connectivity index is 1.70. The number of nitrogens with one attached hydrogen (secondary N) is 2. The molecule has 2 N–H and O–H groups in total. The molecule has 0 fully saturated rings. The zero-order chi connectivity index (χ0) is 15.7. The Labute approximate surface area is 142 Å². The lowest BCUT2D eigenvalue weighted by molar-refractivity contribution is 0.584. The number of rotatable bonds is 5. The molecular formula is C14H12Cl2N2O2S2. The van der Waals surface area contributed by atoms with Crippen molar-refractivity contribution in [3.05, 3.63) is 51.5 Å². The maximum absolute atomic E-state index is 12.1. The third kappa shape index (κ3) is 3.31. The summed E-state index contributed by atoms with van der Waals surface area (Å²) in [6.07, 6.45) is 2.46. The van der Waals surface area contributed by atoms with Gasteiger partial charge in [-0.2, -0.15) is 0 Å². The van der Waals surface area contributed by atoms with Gasteiger partial charge in [-0.25, -0.2) is 13.1 Å². The van der Waals surface area contributed by atoms with E-state index in [1.54, 1.807) is 6.07 Å². The monoisotopic (exact) mass is 374 g/mol. The van der Waals surface area contributed by atoms with Gasteiger partial charge in [-0.05, 0) is 36.2 Å². The molecule has 3 rings (SSSR count). The number of thiophene rings is 1. The zero-order valence-corrected chi connectivity index (χ0v) is 14.4. The molecule has 2 heterocycles. The number of hydrogen-bond acceptors (Lipinski definition) is 3. The Morgan fingerprint density at radius 2 is 2.00 bits per heavy atom. The number of H-pyrrole nitrogens is 1. The van der Waals surface area contributed by atoms with Crippen molar-refractivity contribution in [3.8, 4) is 0 Å². The number of aromatic amines is 1. The number of sulfonamides is 1. The van der Waals surface area contributed by atoms with Crippen LogP contribution >= 0.6 is 34.5 Å². The fraction of sp³-hybridized carbons (Fsp3) is 0.143. The van der Waals surface area contributed by atoms with Crippen molar-refractivity contribution >= 4 is 55.5 Å². The molecule has 0 bridgehead atoms. The number of hydrogen-bond donors (Lipinski definition) is 2. The summed E-state index contributed by atoms with van der Waals surface area (Å²) in [6, 6.07) is 8.67. The van der Waals surface area contributed by atoms with Crippen molar-refractivity contribution in [2.75, 3.05) is 6.54 Å². The average molecular weight is 375 g/mol. The highest BCUT2D eigenvalue weighted by atomic mass is 35.5. The van der Waals surface area contributed by atoms with Crippen LogP contribution in [0.5, 0.6) is 0 Å². The van der Waals surface area contributed by atoms with Gasteiger partial charge in [0, 0.05) is 28.7 Å². The fourth-order valence-corrected chi connectivity index (χ4v) is 4.93. The van der Waals surface area contributed by atoms with Gasteiger partial charge < -0.3 is 4.98 Å². The molecule has 116 valence electrons. The Morgan fingerprint density at radius 3 is 2.73 bits per heavy atom. The van der Waals surface area contributed by atoms with Crippen molar-refractivity contribution in [2.24, 2.45) is 0 Å². The minimum Gasteiger partial charge on any atom is -0.361 e. The summed E-state index contributed by atoms with van der Waals surface area (Å²) in [7, 11) is -3.50. The first kappa shape index (κ1) is 15.8. The van der Waals surface area contributed by atoms with Crippen LogP contribution in [0.25, 0.3) is 10.9 Å². The van der Waals surface area contributed by atoms with Crippen molar-refractivity contribution in [3.63, 3.8) is 0 Å². The standard InChI is InChI=1S/C14H12Cl2N2O2S2/c15-10-1-2-11-9(8-17-12(11)7-10)5-6-18-22(19,20)14-4-3-13(16)21-14/h1-4,7-8,17-18H,5-6H2. The van der Waals surface area contributed by atoms with Crippen LogP contribution in [0.3, 0.4) is 0 Å². The number of aromatic nitrogens is 1. The topological polar surface area (TPSA) is 62.0 Å². The highest BCUT2D eigenvalue weighted by Crippen LogP contribution is 2.25. The van der Waals surface area contributed by atoms with Gasteiger partial charge in [0.05, 0.1) is 4.34 Å². The summed E-state index contributed by atoms with van der Waals surface area (Å²) in [5.74, 6) is 0. The van der Waals surface area contributed by atoms with Crippen LogP contribution in [0.2, 0.25) is 9.36 Å². The first-order valence-corrected chi connectivity index (χ1v) is 9.52. The normalized spacial score (nSPS) is 12.1. The van der Waals surface area contributed by atoms with Crippen LogP contribution in [0, 0.1) is 0 Å². The van der Waals surface area contributed by atoms with Crippen molar-refractivity contribution in [1.29, 1.82) is 0 Å². The van der Waals surface area contributed by atoms with Gasteiger partial charge in [-0.15, -0.1) is 11.3 Å². The highest BCUT2D eigenvalue weighted by molar-refractivity contribution is 7.91. The molecular weight excluding hydrogens is 363 g/mol. The van der Waals surface area contributed by atoms with Gasteiger partial charge in [0.25, 0.3) is 0 Å². The summed E-state index contributed by atoms with van der Waals surface area (Å²) >= 11 is 12.8. The molecule has 0 aliphatic rings. The van der Waals surface area contributed by atoms with Crippen LogP contribution in [-0.4, -0.2) is 19.9 Å². The number of halogens is 2. The van der Waals surface area contributed by atoms with Crippen LogP contribution < -0.4 is 4.72 Å². The van der Waals surface area contributed by atoms with E-state index < -0.39 is 10.0 Å². The fourth-order valence-electron chi connectivity index (χ4n) is 2.20. The van der Waals surface area contributed by atoms with E-state index in [1.807, 2.05) is 24.4 Å². The molecule has 2 aromatic heterocycles. The molecule has 1 aromatic carbocycles. The van der Waals surface area contributed by atoms with E-state index in [2.05, 4.69) is 9.71 Å². The first-order chi connectivity index (χ1) is 10.5. The average Bonchev–Trinajstić information content (AvgIpc) is 3.05. The van der Waals surface area contributed by atoms with Crippen molar-refractivity contribution < 1.29 is 8.42 Å². The summed E-state index contributed by atoms with van der Waals surface area (Å²) in [6.45, 7) is 0.313. The first-order valence-electron chi connectivity index (χ1n) is 6.46.